The first-order valence-corrected chi connectivity index (χ1v) is 59.3. The summed E-state index contributed by atoms with van der Waals surface area (Å²) in [6.07, 6.45) is 20.8. The van der Waals surface area contributed by atoms with Crippen LogP contribution < -0.4 is 0 Å². The van der Waals surface area contributed by atoms with Gasteiger partial charge in [-0.15, -0.1) is 13.2 Å². The Hall–Kier alpha value is -2.93. The number of unbranched alkanes of at least 4 members (excludes halogenated alkanes) is 3. The van der Waals surface area contributed by atoms with Crippen LogP contribution in [0.15, 0.2) is 25.3 Å². The predicted octanol–water partition coefficient (Wildman–Crippen LogP) is 18.4. The van der Waals surface area contributed by atoms with E-state index in [0.29, 0.717) is 257 Å². The maximum Gasteiger partial charge on any atom is 0.309 e. The summed E-state index contributed by atoms with van der Waals surface area (Å²) in [6.45, 7) is 38.7. The van der Waals surface area contributed by atoms with Crippen molar-refractivity contribution in [2.24, 2.45) is 35.5 Å². The number of allylic oxidation sites excluding steroid dienone is 2. The van der Waals surface area contributed by atoms with Gasteiger partial charge in [-0.3, -0.25) is 43.2 Å². The van der Waals surface area contributed by atoms with E-state index in [-0.39, 0.29) is 186 Å². The maximum atomic E-state index is 12.9. The molecule has 0 saturated carbocycles. The van der Waals surface area contributed by atoms with Gasteiger partial charge in [0.1, 0.15) is 0 Å². The van der Waals surface area contributed by atoms with Crippen molar-refractivity contribution in [1.82, 2.24) is 0 Å². The molecular weight excluding hydrogens is 1950 g/mol. The summed E-state index contributed by atoms with van der Waals surface area (Å²) >= 11 is 18.9. The molecule has 6 atom stereocenters. The fraction of sp³-hybridized carbons (Fsp3) is 0.873. The molecule has 0 saturated heterocycles. The highest BCUT2D eigenvalue weighted by Gasteiger charge is 2.27. The van der Waals surface area contributed by atoms with Crippen LogP contribution in [0.2, 0.25) is 0 Å². The molecule has 0 aromatic heterocycles. The molecule has 0 aliphatic heterocycles. The third-order valence-electron chi connectivity index (χ3n) is 20.2. The van der Waals surface area contributed by atoms with Crippen LogP contribution in [-0.4, -0.2) is 332 Å². The number of aliphatic hydroxyl groups excluding tert-OH is 3. The zero-order chi connectivity index (χ0) is 103. The molecule has 0 fully saturated rings. The lowest BCUT2D eigenvalue weighted by atomic mass is 9.98. The van der Waals surface area contributed by atoms with Crippen LogP contribution >= 0.6 is 95.8 Å². The highest BCUT2D eigenvalue weighted by atomic mass is 32.2. The molecule has 818 valence electrons. The van der Waals surface area contributed by atoms with Crippen LogP contribution in [0.5, 0.6) is 0 Å². The number of carbonyl (C=O) groups excluding carboxylic acids is 9. The van der Waals surface area contributed by atoms with Crippen molar-refractivity contribution in [2.45, 2.75) is 297 Å². The van der Waals surface area contributed by atoms with E-state index in [4.69, 9.17) is 85.6 Å². The normalized spacial score (nSPS) is 12.7. The third kappa shape index (κ3) is 101. The number of thioether (sulfide) groups is 6. The number of ether oxygens (including phenoxy) is 17. The first-order chi connectivity index (χ1) is 67.3. The molecule has 6 unspecified atom stereocenters. The molecule has 0 bridgehead atoms. The Morgan fingerprint density at radius 3 is 0.741 bits per heavy atom. The molecule has 0 aliphatic carbocycles. The summed E-state index contributed by atoms with van der Waals surface area (Å²) in [6, 6.07) is 0. The summed E-state index contributed by atoms with van der Waals surface area (Å²) in [7, 11) is 0. The lowest BCUT2D eigenvalue weighted by molar-refractivity contribution is -0.154. The Morgan fingerprint density at radius 2 is 0.475 bits per heavy atom. The summed E-state index contributed by atoms with van der Waals surface area (Å²) in [4.78, 5) is 113. The maximum absolute atomic E-state index is 12.9. The van der Waals surface area contributed by atoms with Gasteiger partial charge in [-0.25, -0.2) is 0 Å². The second-order valence-corrected chi connectivity index (χ2v) is 43.6. The predicted molar refractivity (Wildman–Crippen MR) is 574 cm³/mol. The Balaban J connectivity index is -0.00000369. The number of thiol groups is 2. The first kappa shape index (κ1) is 140. The van der Waals surface area contributed by atoms with Crippen molar-refractivity contribution in [2.75, 3.05) is 234 Å². The van der Waals surface area contributed by atoms with Gasteiger partial charge in [0.2, 0.25) is 0 Å². The van der Waals surface area contributed by atoms with E-state index >= 15 is 0 Å². The Bertz CT molecular complexity index is 2730. The van der Waals surface area contributed by atoms with E-state index in [0.717, 1.165) is 108 Å². The lowest BCUT2D eigenvalue weighted by Gasteiger charge is -2.18. The van der Waals surface area contributed by atoms with Gasteiger partial charge in [0.05, 0.1) is 199 Å². The standard InChI is InChI=1S/C72H134O20S6.C24H40O7.C6H14O2S2/c1-59(2)91-71(79)65(23-15-35-87-67(75)29-9-11-33-89-69(77)63(21-13-31-73)25-17-49-93-53-45-83-39-41-85-47-57-97-61(5)6)27-19-51-95-55-43-81-37-38-82-44-56-96-52-20-28-66(72(80)92-60(3)4)24-16-36-88-68(76)30-10-12-34-90-70(78)64(22-14-32-74)26-18-50-94-54-46-84-40-42-86-48-58-98-62(7)8;1-5-11-20(13-9-16-25)23(27)30-17-8-7-15-22(26)29-18-10-14-21(12-6-2)24(28)31-19(3)4;9-5-3-7-1-2-8-4-6-10/h59-66,73-74H,9-58H2,1-8H3;5-6,19-21,25H,1-2,7-18H2,3-4H3;9-10H,1-6H2. The molecular formula is C102H188O29S8. The quantitative estimate of drug-likeness (QED) is 0.0124. The molecule has 0 radical (unpaired) electrons. The minimum atomic E-state index is -0.312. The van der Waals surface area contributed by atoms with Crippen molar-refractivity contribution in [3.8, 4) is 0 Å². The summed E-state index contributed by atoms with van der Waals surface area (Å²) in [5, 5.41) is 28.9. The van der Waals surface area contributed by atoms with E-state index in [1.54, 1.807) is 59.2 Å². The molecule has 0 spiro atoms. The van der Waals surface area contributed by atoms with Gasteiger partial charge in [-0.1, -0.05) is 39.8 Å². The zero-order valence-corrected chi connectivity index (χ0v) is 93.5. The van der Waals surface area contributed by atoms with Crippen molar-refractivity contribution < 1.29 is 139 Å². The Labute approximate surface area is 874 Å². The molecule has 0 aromatic carbocycles. The van der Waals surface area contributed by atoms with E-state index in [1.165, 1.54) is 0 Å². The van der Waals surface area contributed by atoms with Gasteiger partial charge >= 0.3 is 53.7 Å². The van der Waals surface area contributed by atoms with Crippen molar-refractivity contribution in [3.05, 3.63) is 25.3 Å². The van der Waals surface area contributed by atoms with Crippen LogP contribution in [0.3, 0.4) is 0 Å². The minimum absolute atomic E-state index is 0.0291. The van der Waals surface area contributed by atoms with Gasteiger partial charge in [-0.2, -0.15) is 95.8 Å². The van der Waals surface area contributed by atoms with Crippen molar-refractivity contribution in [1.29, 1.82) is 0 Å². The van der Waals surface area contributed by atoms with Crippen LogP contribution in [0, 0.1) is 35.5 Å². The van der Waals surface area contributed by atoms with E-state index in [1.807, 2.05) is 65.1 Å². The zero-order valence-electron chi connectivity index (χ0n) is 86.8. The second kappa shape index (κ2) is 108. The van der Waals surface area contributed by atoms with Crippen molar-refractivity contribution in [3.63, 3.8) is 0 Å². The molecule has 37 heteroatoms. The number of esters is 9. The molecule has 3 N–H and O–H groups in total. The van der Waals surface area contributed by atoms with E-state index in [9.17, 15) is 53.4 Å². The van der Waals surface area contributed by atoms with Gasteiger partial charge in [0.15, 0.2) is 0 Å². The summed E-state index contributed by atoms with van der Waals surface area (Å²) < 4.78 is 93.3. The highest BCUT2D eigenvalue weighted by Crippen LogP contribution is 2.26. The molecule has 0 aliphatic rings. The molecule has 0 rings (SSSR count). The summed E-state index contributed by atoms with van der Waals surface area (Å²) in [5.41, 5.74) is 0. The number of hydrogen-bond donors (Lipinski definition) is 5. The second-order valence-electron chi connectivity index (χ2n) is 34.5. The average Bonchev–Trinajstić information content (AvgIpc) is 0.932. The monoisotopic (exact) mass is 2130 g/mol. The molecule has 0 heterocycles. The number of rotatable bonds is 101. The fourth-order valence-electron chi connectivity index (χ4n) is 13.0. The SMILES string of the molecule is C=CCC(CCCO)C(=O)OCCCCC(=O)OCCCC(CC=C)C(=O)OC(C)C.CC(C)OC(=O)C(CCCOC(=O)CCCCOC(=O)C(CCCO)CCCSCCOCCOCCSC(C)C)CCCSCCOCCOCCSCCCC(CCCOC(=O)CCCCOC(=O)C(CCCO)CCCSCCOCCOCCSC(C)C)C(=O)OC(C)C.SCCOCCOCCS. The third-order valence-corrected chi connectivity index (χ3v) is 26.8. The number of carbonyl (C=O) groups is 9. The van der Waals surface area contributed by atoms with Gasteiger partial charge < -0.3 is 95.8 Å². The smallest absolute Gasteiger partial charge is 0.309 e. The van der Waals surface area contributed by atoms with Crippen molar-refractivity contribution >= 4 is 150 Å². The van der Waals surface area contributed by atoms with Gasteiger partial charge in [-0.05, 0) is 255 Å². The van der Waals surface area contributed by atoms with Crippen LogP contribution in [0.25, 0.3) is 0 Å². The van der Waals surface area contributed by atoms with E-state index in [2.05, 4.69) is 66.1 Å². The average molecular weight is 2140 g/mol. The molecule has 0 aromatic rings. The fourth-order valence-corrected chi connectivity index (χ4v) is 17.9. The first-order valence-electron chi connectivity index (χ1n) is 51.3. The molecule has 29 nitrogen and oxygen atoms in total. The largest absolute Gasteiger partial charge is 0.466 e. The van der Waals surface area contributed by atoms with E-state index < -0.39 is 0 Å². The molecule has 139 heavy (non-hydrogen) atoms. The Morgan fingerprint density at radius 1 is 0.252 bits per heavy atom. The van der Waals surface area contributed by atoms with Crippen LogP contribution in [0.4, 0.5) is 0 Å². The van der Waals surface area contributed by atoms with Gasteiger partial charge in [0.25, 0.3) is 0 Å². The summed E-state index contributed by atoms with van der Waals surface area (Å²) in [5.74, 6) is 6.53. The topological polar surface area (TPSA) is 371 Å². The minimum Gasteiger partial charge on any atom is -0.466 e. The van der Waals surface area contributed by atoms with Crippen LogP contribution in [-0.2, 0) is 124 Å². The Kier molecular flexibility index (Phi) is 109. The number of hydrogen-bond acceptors (Lipinski definition) is 37. The highest BCUT2D eigenvalue weighted by molar-refractivity contribution is 8.00. The molecule has 0 amide bonds. The number of aliphatic hydroxyl groups is 3. The lowest BCUT2D eigenvalue weighted by Crippen LogP contribution is -2.22. The van der Waals surface area contributed by atoms with Crippen LogP contribution in [0.1, 0.15) is 268 Å². The van der Waals surface area contributed by atoms with Gasteiger partial charge in [0, 0.05) is 85.1 Å².